The first kappa shape index (κ1) is 18.7. The zero-order valence-corrected chi connectivity index (χ0v) is 21.9. The second kappa shape index (κ2) is 11.9. The van der Waals surface area contributed by atoms with Crippen molar-refractivity contribution in [2.45, 2.75) is 12.8 Å². The highest BCUT2D eigenvalue weighted by Crippen LogP contribution is 2.36. The van der Waals surface area contributed by atoms with Crippen molar-refractivity contribution in [2.24, 2.45) is 0 Å². The Hall–Kier alpha value is -3.54. The summed E-state index contributed by atoms with van der Waals surface area (Å²) in [5.41, 5.74) is -5.66. The van der Waals surface area contributed by atoms with Gasteiger partial charge < -0.3 is 4.74 Å². The van der Waals surface area contributed by atoms with Crippen molar-refractivity contribution in [2.75, 3.05) is 31.5 Å². The number of imidazole rings is 1. The largest absolute Gasteiger partial charge is 0.480 e. The van der Waals surface area contributed by atoms with Crippen LogP contribution in [0.1, 0.15) is 39.9 Å². The fourth-order valence-electron chi connectivity index (χ4n) is 3.28. The summed E-state index contributed by atoms with van der Waals surface area (Å²) in [4.78, 5) is 18.0. The van der Waals surface area contributed by atoms with Crippen molar-refractivity contribution in [1.82, 2.24) is 20.0 Å². The van der Waals surface area contributed by atoms with Crippen LogP contribution in [-0.2, 0) is 9.84 Å². The van der Waals surface area contributed by atoms with E-state index in [1.54, 1.807) is 29.7 Å². The standard InChI is InChI=1S/C26H23Cl2N5O4S/c1-37-26-23(25(34)31-32-13-15-38(35,36)16-14-32)30-24(21-11-8-19(27)17-22(21)28)33(26)20-9-6-18(7-10-20)5-3-2-4-12-29/h6-11,17H,2,4,13-16H2,1H3,(H,31,34)/i13D2,14D2,15D2,16D2. The molecule has 1 fully saturated rings. The molecular weight excluding hydrogens is 549 g/mol. The van der Waals surface area contributed by atoms with Gasteiger partial charge >= 0.3 is 0 Å². The maximum atomic E-state index is 13.7. The van der Waals surface area contributed by atoms with Crippen molar-refractivity contribution < 1.29 is 28.9 Å². The third-order valence-corrected chi connectivity index (χ3v) is 6.20. The molecule has 1 saturated heterocycles. The molecule has 196 valence electrons. The number of carbonyl (C=O) groups excluding carboxylic acids is 1. The molecule has 0 saturated carbocycles. The van der Waals surface area contributed by atoms with Crippen molar-refractivity contribution in [3.05, 3.63) is 63.8 Å². The molecule has 1 aromatic heterocycles. The zero-order valence-electron chi connectivity index (χ0n) is 27.5. The molecule has 12 heteroatoms. The van der Waals surface area contributed by atoms with Gasteiger partial charge in [-0.25, -0.2) is 18.4 Å². The molecule has 0 spiro atoms. The average molecular weight is 581 g/mol. The number of hydrazine groups is 1. The molecule has 0 unspecified atom stereocenters. The van der Waals surface area contributed by atoms with Gasteiger partial charge in [-0.15, -0.1) is 0 Å². The number of methoxy groups -OCH3 is 1. The normalized spacial score (nSPS) is 23.1. The third-order valence-electron chi connectivity index (χ3n) is 4.93. The molecular formula is C26H23Cl2N5O4S. The van der Waals surface area contributed by atoms with Crippen LogP contribution in [0.2, 0.25) is 10.0 Å². The maximum absolute atomic E-state index is 13.7. The summed E-state index contributed by atoms with van der Waals surface area (Å²) in [6, 6.07) is 12.9. The number of carbonyl (C=O) groups is 1. The van der Waals surface area contributed by atoms with Crippen LogP contribution in [0.25, 0.3) is 17.1 Å². The SMILES string of the molecule is [2H]C1([2H])N(NC(=O)c2nc(-c3ccc(Cl)cc3Cl)n(-c3ccc(C#CCCC#N)cc3)c2OC)C([2H])([2H])C([2H])([2H])S(=O)(=O)C1([2H])[2H]. The Morgan fingerprint density at radius 1 is 1.18 bits per heavy atom. The Kier molecular flexibility index (Phi) is 5.84. The summed E-state index contributed by atoms with van der Waals surface area (Å²) in [6.07, 6.45) is 0.631. The van der Waals surface area contributed by atoms with Crippen LogP contribution in [0.4, 0.5) is 0 Å². The van der Waals surface area contributed by atoms with Crippen LogP contribution in [-0.4, -0.2) is 60.4 Å². The highest BCUT2D eigenvalue weighted by Gasteiger charge is 2.29. The third kappa shape index (κ3) is 6.29. The number of amides is 1. The van der Waals surface area contributed by atoms with Crippen molar-refractivity contribution in [1.29, 1.82) is 5.26 Å². The van der Waals surface area contributed by atoms with E-state index in [-0.39, 0.29) is 38.7 Å². The van der Waals surface area contributed by atoms with Gasteiger partial charge in [-0.1, -0.05) is 35.0 Å². The first-order valence-electron chi connectivity index (χ1n) is 14.7. The molecule has 1 aliphatic rings. The van der Waals surface area contributed by atoms with Gasteiger partial charge in [0.15, 0.2) is 15.5 Å². The Labute approximate surface area is 242 Å². The number of rotatable bonds is 6. The van der Waals surface area contributed by atoms with Crippen LogP contribution < -0.4 is 10.2 Å². The lowest BCUT2D eigenvalue weighted by Gasteiger charge is -2.26. The molecule has 3 aromatic rings. The number of aromatic nitrogens is 2. The van der Waals surface area contributed by atoms with Gasteiger partial charge in [0.1, 0.15) is 5.82 Å². The van der Waals surface area contributed by atoms with E-state index in [2.05, 4.69) is 16.8 Å². The van der Waals surface area contributed by atoms with E-state index < -0.39 is 45.8 Å². The number of unbranched alkanes of at least 4 members (excludes halogenated alkanes) is 1. The second-order valence-corrected chi connectivity index (χ2v) is 9.73. The summed E-state index contributed by atoms with van der Waals surface area (Å²) in [5.74, 6) is 4.08. The summed E-state index contributed by atoms with van der Waals surface area (Å²) in [7, 11) is -4.59. The minimum atomic E-state index is -5.77. The number of halogens is 2. The first-order valence-corrected chi connectivity index (χ1v) is 13.0. The number of nitrogens with zero attached hydrogens (tertiary/aromatic N) is 4. The molecule has 1 amide bonds. The molecule has 1 N–H and O–H groups in total. The summed E-state index contributed by atoms with van der Waals surface area (Å²) < 4.78 is 96.6. The molecule has 4 rings (SSSR count). The number of nitriles is 1. The van der Waals surface area contributed by atoms with Gasteiger partial charge in [-0.05, 0) is 42.5 Å². The second-order valence-electron chi connectivity index (χ2n) is 7.47. The molecule has 0 radical (unpaired) electrons. The lowest BCUT2D eigenvalue weighted by molar-refractivity contribution is 0.0793. The fraction of sp³-hybridized carbons (Fsp3) is 0.269. The lowest BCUT2D eigenvalue weighted by atomic mass is 10.1. The van der Waals surface area contributed by atoms with Gasteiger partial charge in [0, 0.05) is 53.0 Å². The number of nitrogens with one attached hydrogen (secondary N) is 1. The predicted octanol–water partition coefficient (Wildman–Crippen LogP) is 3.89. The van der Waals surface area contributed by atoms with E-state index in [1.165, 1.54) is 29.9 Å². The molecule has 0 aliphatic carbocycles. The first-order chi connectivity index (χ1) is 21.3. The zero-order chi connectivity index (χ0) is 34.5. The van der Waals surface area contributed by atoms with E-state index in [0.717, 1.165) is 0 Å². The molecule has 1 aliphatic heterocycles. The Bertz CT molecular complexity index is 1890. The number of hydrogen-bond donors (Lipinski definition) is 1. The maximum Gasteiger partial charge on any atom is 0.289 e. The molecule has 9 nitrogen and oxygen atoms in total. The smallest absolute Gasteiger partial charge is 0.289 e. The Morgan fingerprint density at radius 2 is 1.89 bits per heavy atom. The monoisotopic (exact) mass is 579 g/mol. The van der Waals surface area contributed by atoms with E-state index >= 15 is 0 Å². The van der Waals surface area contributed by atoms with E-state index in [9.17, 15) is 13.2 Å². The van der Waals surface area contributed by atoms with Crippen LogP contribution in [0.15, 0.2) is 42.5 Å². The number of hydrogen-bond acceptors (Lipinski definition) is 7. The van der Waals surface area contributed by atoms with E-state index in [1.807, 2.05) is 6.07 Å². The minimum Gasteiger partial charge on any atom is -0.480 e. The quantitative estimate of drug-likeness (QED) is 0.347. The van der Waals surface area contributed by atoms with Crippen LogP contribution >= 0.6 is 23.2 Å². The predicted molar refractivity (Wildman–Crippen MR) is 145 cm³/mol. The van der Waals surface area contributed by atoms with E-state index in [4.69, 9.17) is 44.2 Å². The molecule has 2 aromatic carbocycles. The molecule has 0 bridgehead atoms. The lowest BCUT2D eigenvalue weighted by Crippen LogP contribution is -2.50. The van der Waals surface area contributed by atoms with Crippen LogP contribution in [0.3, 0.4) is 0 Å². The Balaban J connectivity index is 1.88. The number of sulfone groups is 1. The highest BCUT2D eigenvalue weighted by atomic mass is 35.5. The van der Waals surface area contributed by atoms with Crippen LogP contribution in [0.5, 0.6) is 5.88 Å². The minimum absolute atomic E-state index is 0.00516. The highest BCUT2D eigenvalue weighted by molar-refractivity contribution is 7.91. The fourth-order valence-corrected chi connectivity index (χ4v) is 4.25. The summed E-state index contributed by atoms with van der Waals surface area (Å²) in [6.45, 7) is -7.64. The van der Waals surface area contributed by atoms with Crippen molar-refractivity contribution in [3.63, 3.8) is 0 Å². The van der Waals surface area contributed by atoms with Gasteiger partial charge in [-0.2, -0.15) is 5.26 Å². The van der Waals surface area contributed by atoms with Gasteiger partial charge in [0.25, 0.3) is 5.91 Å². The van der Waals surface area contributed by atoms with E-state index in [0.29, 0.717) is 17.7 Å². The van der Waals surface area contributed by atoms with Gasteiger partial charge in [0.2, 0.25) is 5.88 Å². The molecule has 0 atom stereocenters. The summed E-state index contributed by atoms with van der Waals surface area (Å²) >= 11 is 12.5. The molecule has 2 heterocycles. The molecule has 38 heavy (non-hydrogen) atoms. The van der Waals surface area contributed by atoms with Crippen LogP contribution in [0, 0.1) is 23.2 Å². The topological polar surface area (TPSA) is 117 Å². The van der Waals surface area contributed by atoms with Crippen molar-refractivity contribution in [3.8, 4) is 40.9 Å². The summed E-state index contributed by atoms with van der Waals surface area (Å²) in [5, 5.41) is 8.73. The van der Waals surface area contributed by atoms with Gasteiger partial charge in [-0.3, -0.25) is 14.8 Å². The Morgan fingerprint density at radius 3 is 2.53 bits per heavy atom. The number of ether oxygens (including phenoxy) is 1. The van der Waals surface area contributed by atoms with Gasteiger partial charge in [0.05, 0.1) is 35.3 Å². The average Bonchev–Trinajstić information content (AvgIpc) is 3.36. The number of benzene rings is 2. The van der Waals surface area contributed by atoms with Crippen molar-refractivity contribution >= 4 is 38.9 Å².